The van der Waals surface area contributed by atoms with E-state index in [-0.39, 0.29) is 11.9 Å². The van der Waals surface area contributed by atoms with Crippen molar-refractivity contribution in [3.8, 4) is 17.2 Å². The Kier molecular flexibility index (Phi) is 8.31. The first kappa shape index (κ1) is 25.1. The second-order valence-corrected chi connectivity index (χ2v) is 9.37. The van der Waals surface area contributed by atoms with Gasteiger partial charge in [-0.2, -0.15) is 11.3 Å². The number of nitrogens with zero attached hydrogens (tertiary/aromatic N) is 2. The van der Waals surface area contributed by atoms with Crippen LogP contribution in [0.15, 0.2) is 53.2 Å². The maximum Gasteiger partial charge on any atom is 0.253 e. The Hall–Kier alpha value is -3.03. The van der Waals surface area contributed by atoms with Crippen LogP contribution in [-0.4, -0.2) is 56.2 Å². The van der Waals surface area contributed by atoms with Gasteiger partial charge in [-0.05, 0) is 90.2 Å². The van der Waals surface area contributed by atoms with Gasteiger partial charge >= 0.3 is 0 Å². The van der Waals surface area contributed by atoms with E-state index in [0.717, 1.165) is 36.8 Å². The number of thiophene rings is 1. The third kappa shape index (κ3) is 5.63. The first-order chi connectivity index (χ1) is 17.1. The predicted molar refractivity (Wildman–Crippen MR) is 140 cm³/mol. The molecule has 1 unspecified atom stereocenters. The molecule has 3 aromatic rings. The summed E-state index contributed by atoms with van der Waals surface area (Å²) in [4.78, 5) is 16.9. The molecular formula is C28H34N2O4S. The van der Waals surface area contributed by atoms with E-state index in [2.05, 4.69) is 33.9 Å². The van der Waals surface area contributed by atoms with E-state index in [1.54, 1.807) is 25.6 Å². The lowest BCUT2D eigenvalue weighted by Crippen LogP contribution is -2.38. The molecule has 1 aromatic heterocycles. The Morgan fingerprint density at radius 1 is 1.06 bits per heavy atom. The highest BCUT2D eigenvalue weighted by Gasteiger charge is 2.30. The van der Waals surface area contributed by atoms with Gasteiger partial charge in [-0.25, -0.2) is 0 Å². The largest absolute Gasteiger partial charge is 0.493 e. The lowest BCUT2D eigenvalue weighted by atomic mass is 9.92. The average Bonchev–Trinajstić information content (AvgIpc) is 3.41. The molecule has 0 radical (unpaired) electrons. The van der Waals surface area contributed by atoms with E-state index >= 15 is 0 Å². The number of methoxy groups -OCH3 is 2. The van der Waals surface area contributed by atoms with Crippen molar-refractivity contribution in [1.82, 2.24) is 9.80 Å². The monoisotopic (exact) mass is 494 g/mol. The molecule has 0 saturated heterocycles. The molecule has 35 heavy (non-hydrogen) atoms. The molecule has 186 valence electrons. The van der Waals surface area contributed by atoms with Crippen molar-refractivity contribution in [2.75, 3.05) is 40.5 Å². The summed E-state index contributed by atoms with van der Waals surface area (Å²) < 4.78 is 17.4. The summed E-state index contributed by atoms with van der Waals surface area (Å²) in [5.74, 6) is 2.29. The zero-order chi connectivity index (χ0) is 24.8. The van der Waals surface area contributed by atoms with Crippen LogP contribution < -0.4 is 14.2 Å². The van der Waals surface area contributed by atoms with Crippen LogP contribution in [0.4, 0.5) is 0 Å². The second kappa shape index (κ2) is 11.6. The van der Waals surface area contributed by atoms with Crippen molar-refractivity contribution in [2.45, 2.75) is 32.9 Å². The lowest BCUT2D eigenvalue weighted by Gasteiger charge is -2.37. The number of rotatable bonds is 10. The van der Waals surface area contributed by atoms with Crippen molar-refractivity contribution in [2.24, 2.45) is 0 Å². The molecule has 2 heterocycles. The van der Waals surface area contributed by atoms with Crippen LogP contribution in [0.5, 0.6) is 17.2 Å². The summed E-state index contributed by atoms with van der Waals surface area (Å²) in [6.45, 7) is 7.68. The molecule has 1 amide bonds. The molecule has 0 aliphatic carbocycles. The van der Waals surface area contributed by atoms with Crippen LogP contribution in [0.2, 0.25) is 0 Å². The van der Waals surface area contributed by atoms with Crippen LogP contribution in [0.25, 0.3) is 0 Å². The summed E-state index contributed by atoms with van der Waals surface area (Å²) in [7, 11) is 3.34. The number of amides is 1. The van der Waals surface area contributed by atoms with Gasteiger partial charge in [0.15, 0.2) is 11.5 Å². The molecule has 1 aliphatic rings. The van der Waals surface area contributed by atoms with Crippen molar-refractivity contribution in [3.63, 3.8) is 0 Å². The van der Waals surface area contributed by atoms with Gasteiger partial charge < -0.3 is 19.1 Å². The van der Waals surface area contributed by atoms with Crippen LogP contribution in [0, 0.1) is 0 Å². The number of fused-ring (bicyclic) bond motifs is 1. The van der Waals surface area contributed by atoms with E-state index in [9.17, 15) is 4.79 Å². The van der Waals surface area contributed by atoms with Gasteiger partial charge in [0.2, 0.25) is 0 Å². The quantitative estimate of drug-likeness (QED) is 0.376. The molecule has 6 nitrogen and oxygen atoms in total. The van der Waals surface area contributed by atoms with E-state index < -0.39 is 0 Å². The highest BCUT2D eigenvalue weighted by atomic mass is 32.1. The van der Waals surface area contributed by atoms with Crippen molar-refractivity contribution >= 4 is 17.2 Å². The lowest BCUT2D eigenvalue weighted by molar-refractivity contribution is 0.0773. The standard InChI is InChI=1S/C28H34N2O4S/c1-5-29(6-2)28(31)21-7-9-23(10-8-21)34-18-25-24-16-27(33-4)26(32-3)15-22(24)11-13-30(25)17-20-12-14-35-19-20/h7-10,12,14-16,19,25H,5-6,11,13,17-18H2,1-4H3. The van der Waals surface area contributed by atoms with Crippen LogP contribution >= 0.6 is 11.3 Å². The van der Waals surface area contributed by atoms with Crippen molar-refractivity contribution < 1.29 is 19.0 Å². The number of hydrogen-bond acceptors (Lipinski definition) is 6. The van der Waals surface area contributed by atoms with Gasteiger partial charge in [0, 0.05) is 31.7 Å². The topological polar surface area (TPSA) is 51.2 Å². The predicted octanol–water partition coefficient (Wildman–Crippen LogP) is 5.43. The third-order valence-electron chi connectivity index (χ3n) is 6.64. The molecule has 1 aliphatic heterocycles. The van der Waals surface area contributed by atoms with Gasteiger partial charge in [0.05, 0.1) is 20.3 Å². The Bertz CT molecular complexity index is 1110. The van der Waals surface area contributed by atoms with Crippen LogP contribution in [0.1, 0.15) is 46.9 Å². The maximum atomic E-state index is 12.6. The molecule has 0 saturated carbocycles. The SMILES string of the molecule is CCN(CC)C(=O)c1ccc(OCC2c3cc(OC)c(OC)cc3CCN2Cc2ccsc2)cc1. The highest BCUT2D eigenvalue weighted by molar-refractivity contribution is 7.07. The first-order valence-corrected chi connectivity index (χ1v) is 13.0. The summed E-state index contributed by atoms with van der Waals surface area (Å²) in [6.07, 6.45) is 0.943. The van der Waals surface area contributed by atoms with Gasteiger partial charge in [0.25, 0.3) is 5.91 Å². The number of carbonyl (C=O) groups is 1. The summed E-state index contributed by atoms with van der Waals surface area (Å²) >= 11 is 1.72. The smallest absolute Gasteiger partial charge is 0.253 e. The Labute approximate surface area is 212 Å². The molecule has 1 atom stereocenters. The van der Waals surface area contributed by atoms with Crippen molar-refractivity contribution in [1.29, 1.82) is 0 Å². The molecule has 0 bridgehead atoms. The van der Waals surface area contributed by atoms with Crippen molar-refractivity contribution in [3.05, 3.63) is 75.5 Å². The van der Waals surface area contributed by atoms with Gasteiger partial charge in [-0.15, -0.1) is 0 Å². The number of ether oxygens (including phenoxy) is 3. The molecule has 0 N–H and O–H groups in total. The third-order valence-corrected chi connectivity index (χ3v) is 7.37. The normalized spacial score (nSPS) is 15.4. The summed E-state index contributed by atoms with van der Waals surface area (Å²) in [5, 5.41) is 4.32. The number of hydrogen-bond donors (Lipinski definition) is 0. The van der Waals surface area contributed by atoms with Gasteiger partial charge in [-0.3, -0.25) is 9.69 Å². The fourth-order valence-electron chi connectivity index (χ4n) is 4.64. The van der Waals surface area contributed by atoms with Crippen LogP contribution in [0.3, 0.4) is 0 Å². The fraction of sp³-hybridized carbons (Fsp3) is 0.393. The molecular weight excluding hydrogens is 460 g/mol. The Morgan fingerprint density at radius 3 is 2.40 bits per heavy atom. The first-order valence-electron chi connectivity index (χ1n) is 12.1. The van der Waals surface area contributed by atoms with E-state index in [0.29, 0.717) is 25.3 Å². The maximum absolute atomic E-state index is 12.6. The minimum Gasteiger partial charge on any atom is -0.493 e. The molecule has 0 fully saturated rings. The highest BCUT2D eigenvalue weighted by Crippen LogP contribution is 2.39. The molecule has 7 heteroatoms. The van der Waals surface area contributed by atoms with E-state index in [4.69, 9.17) is 14.2 Å². The molecule has 0 spiro atoms. The van der Waals surface area contributed by atoms with Gasteiger partial charge in [-0.1, -0.05) is 0 Å². The minimum atomic E-state index is 0.0470. The number of carbonyl (C=O) groups excluding carboxylic acids is 1. The summed E-state index contributed by atoms with van der Waals surface area (Å²) in [6, 6.07) is 13.9. The van der Waals surface area contributed by atoms with Gasteiger partial charge in [0.1, 0.15) is 12.4 Å². The average molecular weight is 495 g/mol. The number of benzene rings is 2. The minimum absolute atomic E-state index is 0.0470. The van der Waals surface area contributed by atoms with E-state index in [1.165, 1.54) is 16.7 Å². The Balaban J connectivity index is 1.56. The van der Waals surface area contributed by atoms with E-state index in [1.807, 2.05) is 43.0 Å². The second-order valence-electron chi connectivity index (χ2n) is 8.59. The van der Waals surface area contributed by atoms with Crippen LogP contribution in [-0.2, 0) is 13.0 Å². The Morgan fingerprint density at radius 2 is 1.77 bits per heavy atom. The summed E-state index contributed by atoms with van der Waals surface area (Å²) in [5.41, 5.74) is 4.46. The zero-order valence-corrected chi connectivity index (χ0v) is 21.8. The zero-order valence-electron chi connectivity index (χ0n) is 21.0. The fourth-order valence-corrected chi connectivity index (χ4v) is 5.30. The molecule has 4 rings (SSSR count). The molecule has 2 aromatic carbocycles.